The molecule has 0 saturated heterocycles. The molecule has 0 atom stereocenters. The van der Waals surface area contributed by atoms with Crippen LogP contribution < -0.4 is 24.8 Å². The van der Waals surface area contributed by atoms with E-state index in [4.69, 9.17) is 26.4 Å². The monoisotopic (exact) mass is 332 g/mol. The molecule has 0 bridgehead atoms. The Morgan fingerprint density at radius 2 is 1.48 bits per heavy atom. The van der Waals surface area contributed by atoms with Crippen molar-refractivity contribution in [1.29, 1.82) is 0 Å². The van der Waals surface area contributed by atoms with E-state index in [9.17, 15) is 0 Å². The average molecular weight is 332 g/mol. The Labute approximate surface area is 141 Å². The van der Waals surface area contributed by atoms with E-state index in [0.717, 1.165) is 22.7 Å². The lowest BCUT2D eigenvalue weighted by atomic mass is 10.1. The summed E-state index contributed by atoms with van der Waals surface area (Å²) in [5.41, 5.74) is 2.73. The number of hydrogen-bond donors (Lipinski definition) is 2. The van der Waals surface area contributed by atoms with Crippen molar-refractivity contribution < 1.29 is 14.2 Å². The van der Waals surface area contributed by atoms with Crippen LogP contribution in [0, 0.1) is 6.92 Å². The van der Waals surface area contributed by atoms with E-state index in [2.05, 4.69) is 10.6 Å². The highest BCUT2D eigenvalue weighted by atomic mass is 32.1. The molecular formula is C17H20N2O3S. The smallest absolute Gasteiger partial charge is 0.175 e. The number of hydrogen-bond acceptors (Lipinski definition) is 4. The fourth-order valence-electron chi connectivity index (χ4n) is 2.07. The Bertz CT molecular complexity index is 687. The Morgan fingerprint density at radius 3 is 2.04 bits per heavy atom. The molecule has 5 nitrogen and oxygen atoms in total. The van der Waals surface area contributed by atoms with Crippen molar-refractivity contribution in [3.8, 4) is 17.2 Å². The average Bonchev–Trinajstić information content (AvgIpc) is 2.56. The number of aryl methyl sites for hydroxylation is 1. The number of benzene rings is 2. The van der Waals surface area contributed by atoms with Crippen LogP contribution in [0.25, 0.3) is 0 Å². The van der Waals surface area contributed by atoms with Crippen LogP contribution in [0.15, 0.2) is 36.4 Å². The summed E-state index contributed by atoms with van der Waals surface area (Å²) in [4.78, 5) is 0. The minimum atomic E-state index is 0.491. The molecule has 0 unspecified atom stereocenters. The number of methoxy groups -OCH3 is 3. The maximum Gasteiger partial charge on any atom is 0.175 e. The number of nitrogens with one attached hydrogen (secondary N) is 2. The van der Waals surface area contributed by atoms with Gasteiger partial charge in [-0.15, -0.1) is 0 Å². The second-order valence-corrected chi connectivity index (χ2v) is 5.24. The van der Waals surface area contributed by atoms with Crippen LogP contribution in [0.2, 0.25) is 0 Å². The summed E-state index contributed by atoms with van der Waals surface area (Å²) in [6.07, 6.45) is 0. The van der Waals surface area contributed by atoms with Crippen LogP contribution in [0.4, 0.5) is 11.4 Å². The summed E-state index contributed by atoms with van der Waals surface area (Å²) in [7, 11) is 4.85. The van der Waals surface area contributed by atoms with Crippen LogP contribution in [0.3, 0.4) is 0 Å². The largest absolute Gasteiger partial charge is 0.497 e. The highest BCUT2D eigenvalue weighted by Crippen LogP contribution is 2.33. The second kappa shape index (κ2) is 7.69. The summed E-state index contributed by atoms with van der Waals surface area (Å²) in [6.45, 7) is 1.97. The molecule has 0 aromatic heterocycles. The van der Waals surface area contributed by atoms with Gasteiger partial charge in [-0.05, 0) is 55.0 Å². The first-order chi connectivity index (χ1) is 11.1. The van der Waals surface area contributed by atoms with Gasteiger partial charge in [0.2, 0.25) is 0 Å². The molecule has 0 aliphatic heterocycles. The molecule has 0 aliphatic carbocycles. The molecule has 0 heterocycles. The number of thiocarbonyl (C=S) groups is 1. The molecule has 2 aromatic rings. The molecule has 0 radical (unpaired) electrons. The van der Waals surface area contributed by atoms with E-state index in [1.54, 1.807) is 21.3 Å². The van der Waals surface area contributed by atoms with Crippen LogP contribution >= 0.6 is 12.2 Å². The molecule has 0 fully saturated rings. The summed E-state index contributed by atoms with van der Waals surface area (Å²) in [5.74, 6) is 2.13. The van der Waals surface area contributed by atoms with E-state index in [1.165, 1.54) is 0 Å². The standard InChI is InChI=1S/C17H20N2O3S/c1-11-9-15(21-3)16(22-4)10-14(11)19-17(23)18-12-5-7-13(20-2)8-6-12/h5-10H,1-4H3,(H2,18,19,23). The molecule has 2 rings (SSSR count). The molecule has 0 saturated carbocycles. The highest BCUT2D eigenvalue weighted by Gasteiger charge is 2.09. The molecule has 2 aromatic carbocycles. The number of anilines is 2. The number of ether oxygens (including phenoxy) is 3. The van der Waals surface area contributed by atoms with E-state index >= 15 is 0 Å². The summed E-state index contributed by atoms with van der Waals surface area (Å²) in [6, 6.07) is 11.3. The normalized spacial score (nSPS) is 9.91. The number of rotatable bonds is 5. The molecule has 2 N–H and O–H groups in total. The van der Waals surface area contributed by atoms with Gasteiger partial charge in [-0.1, -0.05) is 0 Å². The first-order valence-electron chi connectivity index (χ1n) is 7.02. The Hall–Kier alpha value is -2.47. The third kappa shape index (κ3) is 4.26. The first-order valence-corrected chi connectivity index (χ1v) is 7.43. The summed E-state index contributed by atoms with van der Waals surface area (Å²) in [5, 5.41) is 6.79. The summed E-state index contributed by atoms with van der Waals surface area (Å²) < 4.78 is 15.7. The molecule has 0 spiro atoms. The molecule has 0 aliphatic rings. The van der Waals surface area contributed by atoms with Crippen LogP contribution in [0.1, 0.15) is 5.56 Å². The lowest BCUT2D eigenvalue weighted by Crippen LogP contribution is -2.19. The van der Waals surface area contributed by atoms with Crippen LogP contribution in [-0.4, -0.2) is 26.4 Å². The maximum absolute atomic E-state index is 5.35. The second-order valence-electron chi connectivity index (χ2n) is 4.83. The highest BCUT2D eigenvalue weighted by molar-refractivity contribution is 7.80. The molecule has 0 amide bonds. The summed E-state index contributed by atoms with van der Waals surface area (Å²) >= 11 is 5.35. The van der Waals surface area contributed by atoms with Gasteiger partial charge in [0.25, 0.3) is 0 Å². The predicted molar refractivity (Wildman–Crippen MR) is 97.1 cm³/mol. The van der Waals surface area contributed by atoms with Crippen molar-refractivity contribution >= 4 is 28.7 Å². The lowest BCUT2D eigenvalue weighted by Gasteiger charge is -2.15. The van der Waals surface area contributed by atoms with Gasteiger partial charge in [0.05, 0.1) is 21.3 Å². The van der Waals surface area contributed by atoms with Crippen molar-refractivity contribution in [3.63, 3.8) is 0 Å². The van der Waals surface area contributed by atoms with E-state index in [-0.39, 0.29) is 0 Å². The van der Waals surface area contributed by atoms with Crippen molar-refractivity contribution in [3.05, 3.63) is 42.0 Å². The fraction of sp³-hybridized carbons (Fsp3) is 0.235. The zero-order valence-electron chi connectivity index (χ0n) is 13.6. The van der Waals surface area contributed by atoms with Crippen LogP contribution in [0.5, 0.6) is 17.2 Å². The quantitative estimate of drug-likeness (QED) is 0.812. The molecule has 6 heteroatoms. The van der Waals surface area contributed by atoms with E-state index < -0.39 is 0 Å². The molecule has 23 heavy (non-hydrogen) atoms. The molecular weight excluding hydrogens is 312 g/mol. The van der Waals surface area contributed by atoms with Gasteiger partial charge in [0, 0.05) is 17.4 Å². The topological polar surface area (TPSA) is 51.8 Å². The third-order valence-electron chi connectivity index (χ3n) is 3.33. The van der Waals surface area contributed by atoms with Gasteiger partial charge in [0.1, 0.15) is 5.75 Å². The third-order valence-corrected chi connectivity index (χ3v) is 3.53. The molecule has 122 valence electrons. The van der Waals surface area contributed by atoms with E-state index in [1.807, 2.05) is 43.3 Å². The zero-order valence-corrected chi connectivity index (χ0v) is 14.4. The Kier molecular flexibility index (Phi) is 5.65. The fourth-order valence-corrected chi connectivity index (χ4v) is 2.30. The van der Waals surface area contributed by atoms with Crippen molar-refractivity contribution in [2.75, 3.05) is 32.0 Å². The Balaban J connectivity index is 2.10. The minimum Gasteiger partial charge on any atom is -0.497 e. The van der Waals surface area contributed by atoms with Gasteiger partial charge in [0.15, 0.2) is 16.6 Å². The SMILES string of the molecule is COc1ccc(NC(=S)Nc2cc(OC)c(OC)cc2C)cc1. The van der Waals surface area contributed by atoms with Gasteiger partial charge >= 0.3 is 0 Å². The van der Waals surface area contributed by atoms with Crippen molar-refractivity contribution in [2.24, 2.45) is 0 Å². The van der Waals surface area contributed by atoms with Gasteiger partial charge in [-0.25, -0.2) is 0 Å². The first kappa shape index (κ1) is 16.9. The zero-order chi connectivity index (χ0) is 16.8. The maximum atomic E-state index is 5.35. The van der Waals surface area contributed by atoms with Gasteiger partial charge < -0.3 is 24.8 Å². The predicted octanol–water partition coefficient (Wildman–Crippen LogP) is 3.83. The van der Waals surface area contributed by atoms with Crippen molar-refractivity contribution in [2.45, 2.75) is 6.92 Å². The van der Waals surface area contributed by atoms with Gasteiger partial charge in [-0.2, -0.15) is 0 Å². The van der Waals surface area contributed by atoms with Crippen LogP contribution in [-0.2, 0) is 0 Å². The van der Waals surface area contributed by atoms with Gasteiger partial charge in [-0.3, -0.25) is 0 Å². The van der Waals surface area contributed by atoms with E-state index in [0.29, 0.717) is 16.6 Å². The minimum absolute atomic E-state index is 0.491. The lowest BCUT2D eigenvalue weighted by molar-refractivity contribution is 0.355. The van der Waals surface area contributed by atoms with Crippen molar-refractivity contribution in [1.82, 2.24) is 0 Å². The Morgan fingerprint density at radius 1 is 0.870 bits per heavy atom.